The summed E-state index contributed by atoms with van der Waals surface area (Å²) < 4.78 is 29.3. The van der Waals surface area contributed by atoms with Crippen molar-refractivity contribution in [3.05, 3.63) is 64.7 Å². The molecular weight excluding hydrogens is 442 g/mol. The van der Waals surface area contributed by atoms with E-state index in [4.69, 9.17) is 0 Å². The van der Waals surface area contributed by atoms with Gasteiger partial charge in [0.15, 0.2) is 5.82 Å². The topological polar surface area (TPSA) is 62.6 Å². The van der Waals surface area contributed by atoms with Crippen LogP contribution in [0.5, 0.6) is 0 Å². The minimum atomic E-state index is -0.553. The minimum Gasteiger partial charge on any atom is -0.357 e. The summed E-state index contributed by atoms with van der Waals surface area (Å²) in [6, 6.07) is 9.24. The highest BCUT2D eigenvalue weighted by atomic mass is 79.9. The van der Waals surface area contributed by atoms with E-state index >= 15 is 4.39 Å². The monoisotopic (exact) mass is 457 g/mol. The molecule has 1 aliphatic rings. The molecule has 3 heterocycles. The van der Waals surface area contributed by atoms with Crippen LogP contribution in [0.1, 0.15) is 25.6 Å². The van der Waals surface area contributed by atoms with Crippen molar-refractivity contribution in [2.24, 2.45) is 0 Å². The summed E-state index contributed by atoms with van der Waals surface area (Å²) >= 11 is 3.20. The minimum absolute atomic E-state index is 0.368. The van der Waals surface area contributed by atoms with Crippen molar-refractivity contribution < 1.29 is 8.78 Å². The lowest BCUT2D eigenvalue weighted by Gasteiger charge is -2.35. The molecule has 0 amide bonds. The first-order valence-corrected chi connectivity index (χ1v) is 9.96. The van der Waals surface area contributed by atoms with Gasteiger partial charge in [-0.15, -0.1) is 0 Å². The lowest BCUT2D eigenvalue weighted by molar-refractivity contribution is 0.459. The Morgan fingerprint density at radius 2 is 2.00 bits per heavy atom. The summed E-state index contributed by atoms with van der Waals surface area (Å²) in [7, 11) is 0. The lowest BCUT2D eigenvalue weighted by atomic mass is 9.97. The highest BCUT2D eigenvalue weighted by Crippen LogP contribution is 2.42. The Bertz CT molecular complexity index is 1170. The van der Waals surface area contributed by atoms with Gasteiger partial charge in [0.1, 0.15) is 11.6 Å². The molecule has 1 aliphatic heterocycles. The van der Waals surface area contributed by atoms with E-state index in [-0.39, 0.29) is 5.82 Å². The SMILES string of the molecule is C[C@@]1(c2nc3cc(F)c(Br)cc3[nH]2)CCCN1c1ccc(-n2nccn2)[c]c1F. The number of H-pyrrole nitrogens is 1. The van der Waals surface area contributed by atoms with Crippen LogP contribution < -0.4 is 4.90 Å². The van der Waals surface area contributed by atoms with Gasteiger partial charge in [-0.3, -0.25) is 0 Å². The van der Waals surface area contributed by atoms with Crippen LogP contribution in [0, 0.1) is 17.7 Å². The molecule has 5 rings (SSSR count). The van der Waals surface area contributed by atoms with Crippen LogP contribution in [-0.4, -0.2) is 31.5 Å². The molecule has 0 aliphatic carbocycles. The zero-order valence-corrected chi connectivity index (χ0v) is 17.0. The van der Waals surface area contributed by atoms with Crippen LogP contribution in [0.25, 0.3) is 16.7 Å². The summed E-state index contributed by atoms with van der Waals surface area (Å²) in [6.07, 6.45) is 4.73. The smallest absolute Gasteiger partial charge is 0.156 e. The zero-order valence-electron chi connectivity index (χ0n) is 15.5. The summed E-state index contributed by atoms with van der Waals surface area (Å²) in [5.41, 5.74) is 1.59. The molecule has 2 aromatic carbocycles. The average Bonchev–Trinajstić information content (AvgIpc) is 3.42. The third-order valence-corrected chi connectivity index (χ3v) is 6.07. The summed E-state index contributed by atoms with van der Waals surface area (Å²) in [4.78, 5) is 11.2. The number of anilines is 1. The Hall–Kier alpha value is -2.81. The third kappa shape index (κ3) is 2.91. The van der Waals surface area contributed by atoms with Gasteiger partial charge < -0.3 is 9.88 Å². The van der Waals surface area contributed by atoms with Crippen molar-refractivity contribution in [3.8, 4) is 5.69 Å². The Kier molecular flexibility index (Phi) is 4.16. The fourth-order valence-corrected chi connectivity index (χ4v) is 4.31. The van der Waals surface area contributed by atoms with Crippen molar-refractivity contribution >= 4 is 32.7 Å². The molecule has 1 N–H and O–H groups in total. The first kappa shape index (κ1) is 18.2. The van der Waals surface area contributed by atoms with Crippen molar-refractivity contribution in [1.82, 2.24) is 25.0 Å². The van der Waals surface area contributed by atoms with Crippen molar-refractivity contribution in [3.63, 3.8) is 0 Å². The molecule has 9 heteroatoms. The van der Waals surface area contributed by atoms with E-state index in [2.05, 4.69) is 42.2 Å². The Labute approximate surface area is 173 Å². The molecular formula is C20H16BrF2N6. The standard InChI is InChI=1S/C20H16BrF2N6/c1-20(19-26-16-10-13(21)14(22)11-17(16)27-19)5-2-8-28(20)18-4-3-12(9-15(18)23)29-24-6-7-25-29/h3-4,6-7,10-11H,2,5,8H2,1H3,(H,26,27)/t20-/m0/s1. The number of nitrogens with one attached hydrogen (secondary N) is 1. The summed E-state index contributed by atoms with van der Waals surface area (Å²) in [5.74, 6) is -0.162. The van der Waals surface area contributed by atoms with Gasteiger partial charge in [0.05, 0.1) is 50.9 Å². The maximum Gasteiger partial charge on any atom is 0.156 e. The Morgan fingerprint density at radius 3 is 2.76 bits per heavy atom. The van der Waals surface area contributed by atoms with Gasteiger partial charge in [0, 0.05) is 12.6 Å². The maximum absolute atomic E-state index is 15.0. The second kappa shape index (κ2) is 6.62. The first-order valence-electron chi connectivity index (χ1n) is 9.17. The van der Waals surface area contributed by atoms with Crippen molar-refractivity contribution in [2.45, 2.75) is 25.3 Å². The van der Waals surface area contributed by atoms with Crippen LogP contribution in [0.15, 0.2) is 41.1 Å². The van der Waals surface area contributed by atoms with E-state index in [1.54, 1.807) is 18.2 Å². The number of aromatic amines is 1. The molecule has 4 aromatic rings. The second-order valence-electron chi connectivity index (χ2n) is 7.26. The number of fused-ring (bicyclic) bond motifs is 1. The van der Waals surface area contributed by atoms with Crippen LogP contribution in [-0.2, 0) is 5.54 Å². The molecule has 1 saturated heterocycles. The van der Waals surface area contributed by atoms with Gasteiger partial charge in [-0.2, -0.15) is 15.0 Å². The van der Waals surface area contributed by atoms with E-state index < -0.39 is 11.4 Å². The number of imidazole rings is 1. The van der Waals surface area contributed by atoms with E-state index in [0.29, 0.717) is 33.7 Å². The normalized spacial score (nSPS) is 19.4. The van der Waals surface area contributed by atoms with Gasteiger partial charge in [-0.05, 0) is 53.9 Å². The molecule has 6 nitrogen and oxygen atoms in total. The predicted octanol–water partition coefficient (Wildman–Crippen LogP) is 4.50. The van der Waals surface area contributed by atoms with Crippen molar-refractivity contribution in [2.75, 3.05) is 11.4 Å². The molecule has 2 aromatic heterocycles. The number of benzene rings is 2. The van der Waals surface area contributed by atoms with Crippen LogP contribution in [0.3, 0.4) is 0 Å². The first-order chi connectivity index (χ1) is 14.0. The molecule has 147 valence electrons. The van der Waals surface area contributed by atoms with Gasteiger partial charge in [-0.25, -0.2) is 13.8 Å². The number of halogens is 3. The Balaban J connectivity index is 1.56. The molecule has 0 saturated carbocycles. The fourth-order valence-electron chi connectivity index (χ4n) is 3.97. The number of nitrogens with zero attached hydrogens (tertiary/aromatic N) is 5. The maximum atomic E-state index is 15.0. The predicted molar refractivity (Wildman–Crippen MR) is 108 cm³/mol. The molecule has 1 radical (unpaired) electrons. The molecule has 0 spiro atoms. The molecule has 0 unspecified atom stereocenters. The van der Waals surface area contributed by atoms with Gasteiger partial charge >= 0.3 is 0 Å². The van der Waals surface area contributed by atoms with Crippen LogP contribution >= 0.6 is 15.9 Å². The third-order valence-electron chi connectivity index (χ3n) is 5.46. The second-order valence-corrected chi connectivity index (χ2v) is 8.11. The lowest BCUT2D eigenvalue weighted by Crippen LogP contribution is -2.40. The number of aromatic nitrogens is 5. The van der Waals surface area contributed by atoms with E-state index in [0.717, 1.165) is 18.4 Å². The molecule has 0 bridgehead atoms. The van der Waals surface area contributed by atoms with E-state index in [9.17, 15) is 4.39 Å². The largest absolute Gasteiger partial charge is 0.357 e. The van der Waals surface area contributed by atoms with Gasteiger partial charge in [-0.1, -0.05) is 0 Å². The molecule has 29 heavy (non-hydrogen) atoms. The van der Waals surface area contributed by atoms with Crippen LogP contribution in [0.4, 0.5) is 14.5 Å². The Morgan fingerprint density at radius 1 is 1.21 bits per heavy atom. The highest BCUT2D eigenvalue weighted by Gasteiger charge is 2.42. The zero-order chi connectivity index (χ0) is 20.2. The van der Waals surface area contributed by atoms with Crippen LogP contribution in [0.2, 0.25) is 0 Å². The molecule has 1 fully saturated rings. The number of rotatable bonds is 3. The quantitative estimate of drug-likeness (QED) is 0.491. The summed E-state index contributed by atoms with van der Waals surface area (Å²) in [5, 5.41) is 8.03. The van der Waals surface area contributed by atoms with Gasteiger partial charge in [0.2, 0.25) is 0 Å². The summed E-state index contributed by atoms with van der Waals surface area (Å²) in [6.45, 7) is 2.70. The average molecular weight is 458 g/mol. The van der Waals surface area contributed by atoms with E-state index in [1.807, 2.05) is 11.8 Å². The van der Waals surface area contributed by atoms with Gasteiger partial charge in [0.25, 0.3) is 0 Å². The highest BCUT2D eigenvalue weighted by molar-refractivity contribution is 9.10. The fraction of sp³-hybridized carbons (Fsp3) is 0.250. The molecule has 1 atom stereocenters. The number of hydrogen-bond donors (Lipinski definition) is 1. The number of hydrogen-bond acceptors (Lipinski definition) is 4. The van der Waals surface area contributed by atoms with Crippen molar-refractivity contribution in [1.29, 1.82) is 0 Å². The van der Waals surface area contributed by atoms with E-state index in [1.165, 1.54) is 23.3 Å².